The highest BCUT2D eigenvalue weighted by atomic mass is 16.2. The van der Waals surface area contributed by atoms with Crippen LogP contribution in [0.25, 0.3) is 0 Å². The van der Waals surface area contributed by atoms with Gasteiger partial charge in [0.25, 0.3) is 0 Å². The first-order chi connectivity index (χ1) is 8.02. The Hall–Kier alpha value is -1.06. The topological polar surface area (TPSA) is 49.4 Å². The van der Waals surface area contributed by atoms with Crippen LogP contribution < -0.4 is 5.32 Å². The van der Waals surface area contributed by atoms with E-state index in [1.165, 1.54) is 0 Å². The SMILES string of the molecule is CCCCN(C)C(=O)NC(C)(C)C(=O)C(C)(C)C. The van der Waals surface area contributed by atoms with Gasteiger partial charge in [0.1, 0.15) is 0 Å². The van der Waals surface area contributed by atoms with E-state index in [1.807, 2.05) is 20.8 Å². The molecule has 0 aliphatic heterocycles. The molecule has 0 aliphatic carbocycles. The normalized spacial score (nSPS) is 12.2. The van der Waals surface area contributed by atoms with E-state index < -0.39 is 11.0 Å². The van der Waals surface area contributed by atoms with E-state index in [0.717, 1.165) is 12.8 Å². The van der Waals surface area contributed by atoms with E-state index in [4.69, 9.17) is 0 Å². The largest absolute Gasteiger partial charge is 0.328 e. The maximum absolute atomic E-state index is 12.2. The van der Waals surface area contributed by atoms with Crippen LogP contribution in [0, 0.1) is 5.41 Å². The Balaban J connectivity index is 4.58. The van der Waals surface area contributed by atoms with Gasteiger partial charge in [-0.15, -0.1) is 0 Å². The number of rotatable bonds is 5. The number of ketones is 1. The summed E-state index contributed by atoms with van der Waals surface area (Å²) in [5, 5.41) is 2.81. The number of nitrogens with zero attached hydrogens (tertiary/aromatic N) is 1. The average Bonchev–Trinajstić information content (AvgIpc) is 2.22. The lowest BCUT2D eigenvalue weighted by molar-refractivity contribution is -0.131. The van der Waals surface area contributed by atoms with E-state index in [2.05, 4.69) is 12.2 Å². The summed E-state index contributed by atoms with van der Waals surface area (Å²) < 4.78 is 0. The van der Waals surface area contributed by atoms with Gasteiger partial charge in [-0.25, -0.2) is 4.79 Å². The second-order valence-electron chi connectivity index (χ2n) is 6.41. The minimum Gasteiger partial charge on any atom is -0.328 e. The van der Waals surface area contributed by atoms with Gasteiger partial charge >= 0.3 is 6.03 Å². The van der Waals surface area contributed by atoms with E-state index in [0.29, 0.717) is 6.54 Å². The standard InChI is InChI=1S/C14H28N2O2/c1-8-9-10-16(7)12(18)15-14(5,6)11(17)13(2,3)4/h8-10H2,1-7H3,(H,15,18). The first-order valence-corrected chi connectivity index (χ1v) is 6.60. The Morgan fingerprint density at radius 1 is 1.11 bits per heavy atom. The van der Waals surface area contributed by atoms with Crippen LogP contribution in [-0.4, -0.2) is 35.8 Å². The van der Waals surface area contributed by atoms with Gasteiger partial charge in [0.2, 0.25) is 0 Å². The Morgan fingerprint density at radius 3 is 2.00 bits per heavy atom. The van der Waals surface area contributed by atoms with Crippen molar-refractivity contribution >= 4 is 11.8 Å². The van der Waals surface area contributed by atoms with Crippen LogP contribution in [0.2, 0.25) is 0 Å². The van der Waals surface area contributed by atoms with Gasteiger partial charge < -0.3 is 10.2 Å². The summed E-state index contributed by atoms with van der Waals surface area (Å²) in [6.07, 6.45) is 2.01. The highest BCUT2D eigenvalue weighted by Crippen LogP contribution is 2.22. The Bertz CT molecular complexity index is 303. The van der Waals surface area contributed by atoms with Gasteiger partial charge in [-0.05, 0) is 20.3 Å². The fourth-order valence-electron chi connectivity index (χ4n) is 1.85. The first kappa shape index (κ1) is 16.9. The lowest BCUT2D eigenvalue weighted by Gasteiger charge is -2.33. The molecule has 4 heteroatoms. The molecule has 0 spiro atoms. The van der Waals surface area contributed by atoms with Crippen molar-refractivity contribution in [2.75, 3.05) is 13.6 Å². The van der Waals surface area contributed by atoms with Crippen molar-refractivity contribution in [3.05, 3.63) is 0 Å². The lowest BCUT2D eigenvalue weighted by atomic mass is 9.80. The quantitative estimate of drug-likeness (QED) is 0.822. The molecule has 0 atom stereocenters. The number of hydrogen-bond acceptors (Lipinski definition) is 2. The Morgan fingerprint density at radius 2 is 1.61 bits per heavy atom. The van der Waals surface area contributed by atoms with E-state index in [1.54, 1.807) is 25.8 Å². The molecule has 0 aromatic carbocycles. The zero-order chi connectivity index (χ0) is 14.6. The summed E-state index contributed by atoms with van der Waals surface area (Å²) in [4.78, 5) is 25.8. The molecule has 106 valence electrons. The smallest absolute Gasteiger partial charge is 0.317 e. The zero-order valence-corrected chi connectivity index (χ0v) is 12.9. The van der Waals surface area contributed by atoms with Gasteiger partial charge in [0.05, 0.1) is 5.54 Å². The van der Waals surface area contributed by atoms with Crippen molar-refractivity contribution in [3.63, 3.8) is 0 Å². The molecule has 0 fully saturated rings. The maximum atomic E-state index is 12.2. The number of hydrogen-bond donors (Lipinski definition) is 1. The van der Waals surface area contributed by atoms with Gasteiger partial charge in [-0.3, -0.25) is 4.79 Å². The van der Waals surface area contributed by atoms with Crippen molar-refractivity contribution in [2.45, 2.75) is 59.9 Å². The third-order valence-corrected chi connectivity index (χ3v) is 2.86. The van der Waals surface area contributed by atoms with Crippen molar-refractivity contribution in [1.82, 2.24) is 10.2 Å². The van der Waals surface area contributed by atoms with Gasteiger partial charge in [0, 0.05) is 19.0 Å². The predicted octanol–water partition coefficient (Wildman–Crippen LogP) is 2.82. The number of urea groups is 1. The number of unbranched alkanes of at least 4 members (excludes halogenated alkanes) is 1. The Labute approximate surface area is 111 Å². The molecule has 0 unspecified atom stereocenters. The highest BCUT2D eigenvalue weighted by Gasteiger charge is 2.37. The molecule has 0 aliphatic rings. The van der Waals surface area contributed by atoms with Crippen LogP contribution in [0.15, 0.2) is 0 Å². The number of carbonyl (C=O) groups excluding carboxylic acids is 2. The predicted molar refractivity (Wildman–Crippen MR) is 74.6 cm³/mol. The minimum absolute atomic E-state index is 0.0345. The summed E-state index contributed by atoms with van der Waals surface area (Å²) in [5.74, 6) is 0.0345. The molecule has 0 saturated carbocycles. The molecule has 2 amide bonds. The number of carbonyl (C=O) groups is 2. The molecular weight excluding hydrogens is 228 g/mol. The second kappa shape index (κ2) is 6.21. The summed E-state index contributed by atoms with van der Waals surface area (Å²) in [6, 6.07) is -0.189. The Kier molecular flexibility index (Phi) is 5.84. The van der Waals surface area contributed by atoms with Crippen molar-refractivity contribution in [1.29, 1.82) is 0 Å². The molecule has 0 radical (unpaired) electrons. The monoisotopic (exact) mass is 256 g/mol. The lowest BCUT2D eigenvalue weighted by Crippen LogP contribution is -2.56. The molecular formula is C14H28N2O2. The minimum atomic E-state index is -0.837. The fourth-order valence-corrected chi connectivity index (χ4v) is 1.85. The second-order valence-corrected chi connectivity index (χ2v) is 6.41. The molecule has 0 heterocycles. The molecule has 0 aromatic rings. The maximum Gasteiger partial charge on any atom is 0.317 e. The number of Topliss-reactive ketones (excluding diaryl/α,β-unsaturated/α-hetero) is 1. The summed E-state index contributed by atoms with van der Waals surface area (Å²) in [7, 11) is 1.75. The van der Waals surface area contributed by atoms with Crippen molar-refractivity contribution in [2.24, 2.45) is 5.41 Å². The summed E-state index contributed by atoms with van der Waals surface area (Å²) >= 11 is 0. The molecule has 0 aromatic heterocycles. The zero-order valence-electron chi connectivity index (χ0n) is 12.9. The van der Waals surface area contributed by atoms with Crippen LogP contribution >= 0.6 is 0 Å². The van der Waals surface area contributed by atoms with Crippen LogP contribution in [0.5, 0.6) is 0 Å². The van der Waals surface area contributed by atoms with E-state index in [9.17, 15) is 9.59 Å². The van der Waals surface area contributed by atoms with Crippen LogP contribution in [-0.2, 0) is 4.79 Å². The van der Waals surface area contributed by atoms with Crippen LogP contribution in [0.4, 0.5) is 4.79 Å². The first-order valence-electron chi connectivity index (χ1n) is 6.60. The summed E-state index contributed by atoms with van der Waals surface area (Å²) in [5.41, 5.74) is -1.30. The van der Waals surface area contributed by atoms with Gasteiger partial charge in [-0.2, -0.15) is 0 Å². The fraction of sp³-hybridized carbons (Fsp3) is 0.857. The molecule has 18 heavy (non-hydrogen) atoms. The molecule has 0 bridgehead atoms. The van der Waals surface area contributed by atoms with Crippen molar-refractivity contribution < 1.29 is 9.59 Å². The summed E-state index contributed by atoms with van der Waals surface area (Å²) in [6.45, 7) is 11.9. The third kappa shape index (κ3) is 5.07. The van der Waals surface area contributed by atoms with Crippen LogP contribution in [0.3, 0.4) is 0 Å². The number of amides is 2. The van der Waals surface area contributed by atoms with Crippen molar-refractivity contribution in [3.8, 4) is 0 Å². The number of nitrogens with one attached hydrogen (secondary N) is 1. The molecule has 1 N–H and O–H groups in total. The van der Waals surface area contributed by atoms with E-state index in [-0.39, 0.29) is 11.8 Å². The van der Waals surface area contributed by atoms with Crippen LogP contribution in [0.1, 0.15) is 54.4 Å². The molecule has 4 nitrogen and oxygen atoms in total. The highest BCUT2D eigenvalue weighted by molar-refractivity contribution is 5.95. The molecule has 0 saturated heterocycles. The van der Waals surface area contributed by atoms with E-state index >= 15 is 0 Å². The third-order valence-electron chi connectivity index (χ3n) is 2.86. The van der Waals surface area contributed by atoms with Gasteiger partial charge in [0.15, 0.2) is 5.78 Å². The molecule has 0 rings (SSSR count). The van der Waals surface area contributed by atoms with Gasteiger partial charge in [-0.1, -0.05) is 34.1 Å². The average molecular weight is 256 g/mol.